The van der Waals surface area contributed by atoms with E-state index in [9.17, 15) is 8.42 Å². The van der Waals surface area contributed by atoms with Crippen molar-refractivity contribution in [3.8, 4) is 0 Å². The molecule has 4 nitrogen and oxygen atoms in total. The molecule has 0 amide bonds. The zero-order valence-electron chi connectivity index (χ0n) is 15.4. The second kappa shape index (κ2) is 8.29. The van der Waals surface area contributed by atoms with Gasteiger partial charge in [-0.15, -0.1) is 0 Å². The molecule has 0 aliphatic rings. The van der Waals surface area contributed by atoms with Crippen molar-refractivity contribution in [1.82, 2.24) is 4.31 Å². The second-order valence-electron chi connectivity index (χ2n) is 6.41. The molecule has 5 heteroatoms. The zero-order chi connectivity index (χ0) is 19.3. The summed E-state index contributed by atoms with van der Waals surface area (Å²) in [6.45, 7) is 2.37. The van der Waals surface area contributed by atoms with Crippen LogP contribution in [0.3, 0.4) is 0 Å². The van der Waals surface area contributed by atoms with E-state index in [-0.39, 0.29) is 4.90 Å². The van der Waals surface area contributed by atoms with Crippen molar-refractivity contribution < 1.29 is 8.42 Å². The number of sulfonamides is 1. The Hall–Kier alpha value is -2.76. The van der Waals surface area contributed by atoms with E-state index in [0.717, 1.165) is 11.1 Å². The van der Waals surface area contributed by atoms with Crippen molar-refractivity contribution in [2.75, 3.05) is 7.05 Å². The summed E-state index contributed by atoms with van der Waals surface area (Å²) in [7, 11) is -1.96. The third-order valence-corrected chi connectivity index (χ3v) is 6.05. The summed E-state index contributed by atoms with van der Waals surface area (Å²) in [6, 6.07) is 24.2. The van der Waals surface area contributed by atoms with Gasteiger partial charge in [-0.25, -0.2) is 8.42 Å². The monoisotopic (exact) mass is 378 g/mol. The lowest BCUT2D eigenvalue weighted by atomic mass is 10.2. The van der Waals surface area contributed by atoms with Crippen molar-refractivity contribution in [2.45, 2.75) is 18.4 Å². The molecular formula is C22H22N2O2S. The highest BCUT2D eigenvalue weighted by Gasteiger charge is 2.20. The molecule has 0 bridgehead atoms. The molecule has 0 atom stereocenters. The average Bonchev–Trinajstić information content (AvgIpc) is 2.68. The SMILES string of the molecule is Cc1ccc(C=Nc2ccc(S(=O)(=O)N(C)Cc3ccccc3)cc2)cc1. The number of rotatable bonds is 6. The predicted octanol–water partition coefficient (Wildman–Crippen LogP) is 4.57. The van der Waals surface area contributed by atoms with Crippen LogP contribution in [0.15, 0.2) is 88.8 Å². The summed E-state index contributed by atoms with van der Waals surface area (Å²) in [5, 5.41) is 0. The molecule has 0 aliphatic heterocycles. The third kappa shape index (κ3) is 4.90. The first-order valence-electron chi connectivity index (χ1n) is 8.66. The maximum atomic E-state index is 12.7. The van der Waals surface area contributed by atoms with Gasteiger partial charge < -0.3 is 0 Å². The van der Waals surface area contributed by atoms with Gasteiger partial charge in [0.15, 0.2) is 0 Å². The van der Waals surface area contributed by atoms with Crippen LogP contribution in [0.2, 0.25) is 0 Å². The van der Waals surface area contributed by atoms with Gasteiger partial charge in [-0.05, 0) is 42.3 Å². The summed E-state index contributed by atoms with van der Waals surface area (Å²) in [5.41, 5.74) is 3.85. The maximum absolute atomic E-state index is 12.7. The predicted molar refractivity (Wildman–Crippen MR) is 110 cm³/mol. The van der Waals surface area contributed by atoms with Gasteiger partial charge in [0.2, 0.25) is 10.0 Å². The molecule has 3 rings (SSSR count). The number of nitrogens with zero attached hydrogens (tertiary/aromatic N) is 2. The molecule has 0 saturated heterocycles. The Kier molecular flexibility index (Phi) is 5.84. The lowest BCUT2D eigenvalue weighted by Gasteiger charge is -2.17. The minimum absolute atomic E-state index is 0.259. The molecule has 0 spiro atoms. The van der Waals surface area contributed by atoms with Crippen LogP contribution in [0.25, 0.3) is 0 Å². The third-order valence-electron chi connectivity index (χ3n) is 4.23. The molecule has 138 valence electrons. The van der Waals surface area contributed by atoms with Gasteiger partial charge in [-0.3, -0.25) is 4.99 Å². The molecule has 0 N–H and O–H groups in total. The maximum Gasteiger partial charge on any atom is 0.243 e. The number of hydrogen-bond acceptors (Lipinski definition) is 3. The Morgan fingerprint density at radius 1 is 0.889 bits per heavy atom. The Bertz CT molecular complexity index is 1010. The van der Waals surface area contributed by atoms with E-state index in [1.54, 1.807) is 37.5 Å². The standard InChI is InChI=1S/C22H22N2O2S/c1-18-8-10-19(11-9-18)16-23-21-12-14-22(15-13-21)27(25,26)24(2)17-20-6-4-3-5-7-20/h3-16H,17H2,1-2H3. The van der Waals surface area contributed by atoms with Gasteiger partial charge in [-0.1, -0.05) is 60.2 Å². The van der Waals surface area contributed by atoms with Crippen LogP contribution in [0.4, 0.5) is 5.69 Å². The molecule has 3 aromatic carbocycles. The van der Waals surface area contributed by atoms with Gasteiger partial charge >= 0.3 is 0 Å². The minimum atomic E-state index is -3.54. The summed E-state index contributed by atoms with van der Waals surface area (Å²) in [6.07, 6.45) is 1.77. The van der Waals surface area contributed by atoms with Gasteiger partial charge in [-0.2, -0.15) is 4.31 Å². The fraction of sp³-hybridized carbons (Fsp3) is 0.136. The molecule has 0 aromatic heterocycles. The summed E-state index contributed by atoms with van der Waals surface area (Å²) in [4.78, 5) is 4.67. The van der Waals surface area contributed by atoms with Gasteiger partial charge in [0.25, 0.3) is 0 Å². The largest absolute Gasteiger partial charge is 0.256 e. The lowest BCUT2D eigenvalue weighted by molar-refractivity contribution is 0.467. The smallest absolute Gasteiger partial charge is 0.243 e. The second-order valence-corrected chi connectivity index (χ2v) is 8.45. The van der Waals surface area contributed by atoms with Gasteiger partial charge in [0.1, 0.15) is 0 Å². The Labute approximate surface area is 160 Å². The molecule has 3 aromatic rings. The topological polar surface area (TPSA) is 49.7 Å². The van der Waals surface area contributed by atoms with Gasteiger partial charge in [0, 0.05) is 19.8 Å². The van der Waals surface area contributed by atoms with E-state index in [1.165, 1.54) is 9.87 Å². The van der Waals surface area contributed by atoms with Crippen molar-refractivity contribution >= 4 is 21.9 Å². The quantitative estimate of drug-likeness (QED) is 0.590. The van der Waals surface area contributed by atoms with Crippen LogP contribution < -0.4 is 0 Å². The molecule has 0 fully saturated rings. The van der Waals surface area contributed by atoms with Crippen LogP contribution >= 0.6 is 0 Å². The highest BCUT2D eigenvalue weighted by Crippen LogP contribution is 2.20. The van der Waals surface area contributed by atoms with Gasteiger partial charge in [0.05, 0.1) is 10.6 Å². The molecule has 0 saturated carbocycles. The molecule has 0 heterocycles. The van der Waals surface area contributed by atoms with E-state index in [4.69, 9.17) is 0 Å². The van der Waals surface area contributed by atoms with Crippen LogP contribution in [0.1, 0.15) is 16.7 Å². The molecule has 0 radical (unpaired) electrons. The normalized spacial score (nSPS) is 12.0. The van der Waals surface area contributed by atoms with E-state index in [1.807, 2.05) is 61.5 Å². The number of hydrogen-bond donors (Lipinski definition) is 0. The van der Waals surface area contributed by atoms with E-state index >= 15 is 0 Å². The van der Waals surface area contributed by atoms with E-state index in [0.29, 0.717) is 12.2 Å². The average molecular weight is 378 g/mol. The molecule has 27 heavy (non-hydrogen) atoms. The first-order valence-corrected chi connectivity index (χ1v) is 10.1. The fourth-order valence-corrected chi connectivity index (χ4v) is 3.77. The number of benzene rings is 3. The van der Waals surface area contributed by atoms with Crippen LogP contribution in [0, 0.1) is 6.92 Å². The van der Waals surface area contributed by atoms with Crippen molar-refractivity contribution in [2.24, 2.45) is 4.99 Å². The Morgan fingerprint density at radius 3 is 2.15 bits per heavy atom. The van der Waals surface area contributed by atoms with Crippen molar-refractivity contribution in [3.05, 3.63) is 95.6 Å². The van der Waals surface area contributed by atoms with E-state index < -0.39 is 10.0 Å². The summed E-state index contributed by atoms with van der Waals surface area (Å²) < 4.78 is 26.8. The molecule has 0 unspecified atom stereocenters. The summed E-state index contributed by atoms with van der Waals surface area (Å²) >= 11 is 0. The first kappa shape index (κ1) is 19.0. The first-order chi connectivity index (χ1) is 12.9. The van der Waals surface area contributed by atoms with E-state index in [2.05, 4.69) is 4.99 Å². The van der Waals surface area contributed by atoms with Crippen LogP contribution in [0.5, 0.6) is 0 Å². The van der Waals surface area contributed by atoms with Crippen LogP contribution in [-0.4, -0.2) is 26.0 Å². The number of aliphatic imine (C=N–C) groups is 1. The highest BCUT2D eigenvalue weighted by molar-refractivity contribution is 7.89. The Morgan fingerprint density at radius 2 is 1.52 bits per heavy atom. The van der Waals surface area contributed by atoms with Crippen LogP contribution in [-0.2, 0) is 16.6 Å². The van der Waals surface area contributed by atoms with Crippen molar-refractivity contribution in [3.63, 3.8) is 0 Å². The zero-order valence-corrected chi connectivity index (χ0v) is 16.2. The Balaban J connectivity index is 1.72. The van der Waals surface area contributed by atoms with Crippen molar-refractivity contribution in [1.29, 1.82) is 0 Å². The number of aryl methyl sites for hydroxylation is 1. The molecular weight excluding hydrogens is 356 g/mol. The highest BCUT2D eigenvalue weighted by atomic mass is 32.2. The molecule has 0 aliphatic carbocycles. The minimum Gasteiger partial charge on any atom is -0.256 e. The fourth-order valence-electron chi connectivity index (χ4n) is 2.61. The lowest BCUT2D eigenvalue weighted by Crippen LogP contribution is -2.26. The summed E-state index contributed by atoms with van der Waals surface area (Å²) in [5.74, 6) is 0.